The molecule has 2 amide bonds. The van der Waals surface area contributed by atoms with Crippen LogP contribution in [-0.4, -0.2) is 67.7 Å². The zero-order valence-electron chi connectivity index (χ0n) is 21.4. The molecule has 8 nitrogen and oxygen atoms in total. The van der Waals surface area contributed by atoms with Crippen LogP contribution in [0.1, 0.15) is 47.3 Å². The Labute approximate surface area is 229 Å². The number of nitrogens with zero attached hydrogens (tertiary/aromatic N) is 4. The number of benzene rings is 2. The van der Waals surface area contributed by atoms with Crippen molar-refractivity contribution < 1.29 is 14.0 Å². The van der Waals surface area contributed by atoms with Gasteiger partial charge in [0.05, 0.1) is 0 Å². The number of nitrogens with one attached hydrogen (secondary N) is 2. The number of fused-ring (bicyclic) bond motifs is 1. The second-order valence-electron chi connectivity index (χ2n) is 9.55. The molecule has 1 aliphatic heterocycles. The van der Waals surface area contributed by atoms with E-state index >= 15 is 0 Å². The van der Waals surface area contributed by atoms with Crippen LogP contribution in [0, 0.1) is 12.7 Å². The number of urea groups is 1. The number of halogens is 1. The van der Waals surface area contributed by atoms with Gasteiger partial charge in [-0.2, -0.15) is 0 Å². The van der Waals surface area contributed by atoms with E-state index in [9.17, 15) is 14.0 Å². The Hall–Kier alpha value is -3.55. The van der Waals surface area contributed by atoms with E-state index in [1.807, 2.05) is 13.1 Å². The Bertz CT molecular complexity index is 1510. The van der Waals surface area contributed by atoms with E-state index in [4.69, 9.17) is 0 Å². The Morgan fingerprint density at radius 2 is 1.89 bits per heavy atom. The molecular formula is C28H30AsFN6O2. The quantitative estimate of drug-likeness (QED) is 0.270. The van der Waals surface area contributed by atoms with Gasteiger partial charge in [0.25, 0.3) is 0 Å². The van der Waals surface area contributed by atoms with Crippen LogP contribution in [0.15, 0.2) is 55.0 Å². The van der Waals surface area contributed by atoms with E-state index in [-0.39, 0.29) is 17.5 Å². The fourth-order valence-electron chi connectivity index (χ4n) is 4.99. The molecule has 38 heavy (non-hydrogen) atoms. The van der Waals surface area contributed by atoms with Crippen molar-refractivity contribution in [3.05, 3.63) is 77.5 Å². The minimum absolute atomic E-state index is 0.0876. The molecule has 1 atom stereocenters. The molecule has 10 heteroatoms. The van der Waals surface area contributed by atoms with Crippen molar-refractivity contribution >= 4 is 55.6 Å². The third-order valence-corrected chi connectivity index (χ3v) is 7.95. The van der Waals surface area contributed by atoms with Crippen molar-refractivity contribution in [2.24, 2.45) is 0 Å². The van der Waals surface area contributed by atoms with Gasteiger partial charge in [-0.25, -0.2) is 4.39 Å². The first-order chi connectivity index (χ1) is 18.3. The summed E-state index contributed by atoms with van der Waals surface area (Å²) < 4.78 is 17.0. The van der Waals surface area contributed by atoms with Crippen LogP contribution in [-0.2, 0) is 0 Å². The van der Waals surface area contributed by atoms with Gasteiger partial charge in [-0.3, -0.25) is 0 Å². The predicted molar refractivity (Wildman–Crippen MR) is 150 cm³/mol. The number of hydrogen-bond donors (Lipinski definition) is 2. The standard InChI is InChI=1S/C28H30AsFN6O2/c1-3-35-11-9-20(10-12-35)36-15-21(24-26(29)31-16-32-27(24)36)25(37)18-5-4-6-19(14-18)33-28(38)34-23-13-17(2)7-8-22(23)30/h4-8,13-16,20H,3,9-12,29H2,1-2H3,(H2,33,34,38). The van der Waals surface area contributed by atoms with Crippen molar-refractivity contribution in [2.45, 2.75) is 32.7 Å². The first-order valence-corrected chi connectivity index (χ1v) is 13.9. The van der Waals surface area contributed by atoms with Gasteiger partial charge in [-0.1, -0.05) is 6.07 Å². The van der Waals surface area contributed by atoms with Crippen molar-refractivity contribution in [2.75, 3.05) is 30.3 Å². The summed E-state index contributed by atoms with van der Waals surface area (Å²) in [6, 6.07) is 10.9. The zero-order chi connectivity index (χ0) is 26.8. The number of hydrogen-bond acceptors (Lipinski definition) is 5. The number of aryl methyl sites for hydroxylation is 1. The summed E-state index contributed by atoms with van der Waals surface area (Å²) in [4.78, 5) is 37.7. The van der Waals surface area contributed by atoms with Crippen molar-refractivity contribution in [1.82, 2.24) is 19.4 Å². The van der Waals surface area contributed by atoms with E-state index in [1.54, 1.807) is 42.7 Å². The SMILES string of the molecule is CCN1CCC(n2cc(C(=O)c3cccc(NC(=O)Nc4cc(C)ccc4F)c3)c3c([AsH2])ncnc32)CC1. The summed E-state index contributed by atoms with van der Waals surface area (Å²) >= 11 is 1.34. The van der Waals surface area contributed by atoms with Crippen LogP contribution in [0.3, 0.4) is 0 Å². The number of piperidine rings is 1. The molecule has 3 heterocycles. The van der Waals surface area contributed by atoms with Crippen molar-refractivity contribution in [3.63, 3.8) is 0 Å². The Morgan fingerprint density at radius 1 is 1.11 bits per heavy atom. The molecule has 0 bridgehead atoms. The van der Waals surface area contributed by atoms with Gasteiger partial charge in [0.1, 0.15) is 0 Å². The molecule has 196 valence electrons. The van der Waals surface area contributed by atoms with Gasteiger partial charge >= 0.3 is 200 Å². The second-order valence-corrected chi connectivity index (χ2v) is 10.7. The molecule has 1 aliphatic rings. The molecular weight excluding hydrogens is 546 g/mol. The number of ketones is 1. The van der Waals surface area contributed by atoms with Gasteiger partial charge in [-0.05, 0) is 18.6 Å². The summed E-state index contributed by atoms with van der Waals surface area (Å²) in [5, 5.41) is 6.00. The monoisotopic (exact) mass is 576 g/mol. The average molecular weight is 577 g/mol. The molecule has 1 saturated heterocycles. The van der Waals surface area contributed by atoms with E-state index in [0.717, 1.165) is 53.6 Å². The van der Waals surface area contributed by atoms with Gasteiger partial charge < -0.3 is 0 Å². The molecule has 1 unspecified atom stereocenters. The summed E-state index contributed by atoms with van der Waals surface area (Å²) in [6.45, 7) is 7.06. The van der Waals surface area contributed by atoms with Gasteiger partial charge in [-0.15, -0.1) is 0 Å². The maximum absolute atomic E-state index is 14.1. The van der Waals surface area contributed by atoms with E-state index in [1.165, 1.54) is 22.9 Å². The maximum atomic E-state index is 14.1. The molecule has 5 rings (SSSR count). The van der Waals surface area contributed by atoms with Crippen LogP contribution >= 0.6 is 0 Å². The third kappa shape index (κ3) is 5.35. The van der Waals surface area contributed by atoms with Gasteiger partial charge in [0.2, 0.25) is 0 Å². The van der Waals surface area contributed by atoms with E-state index in [2.05, 4.69) is 37.0 Å². The molecule has 2 aromatic carbocycles. The number of amides is 2. The number of rotatable bonds is 6. The van der Waals surface area contributed by atoms with E-state index < -0.39 is 11.8 Å². The van der Waals surface area contributed by atoms with Crippen molar-refractivity contribution in [3.8, 4) is 0 Å². The van der Waals surface area contributed by atoms with Crippen molar-refractivity contribution in [1.29, 1.82) is 0 Å². The second kappa shape index (κ2) is 11.1. The molecule has 2 aromatic heterocycles. The number of likely N-dealkylation sites (tertiary alicyclic amines) is 1. The summed E-state index contributed by atoms with van der Waals surface area (Å²) in [6.07, 6.45) is 5.47. The number of aromatic nitrogens is 3. The average Bonchev–Trinajstić information content (AvgIpc) is 3.31. The molecule has 0 aliphatic carbocycles. The third-order valence-electron chi connectivity index (χ3n) is 7.03. The normalized spacial score (nSPS) is 14.5. The molecule has 0 saturated carbocycles. The van der Waals surface area contributed by atoms with Crippen LogP contribution in [0.4, 0.5) is 20.6 Å². The molecule has 0 spiro atoms. The molecule has 4 aromatic rings. The summed E-state index contributed by atoms with van der Waals surface area (Å²) in [5.74, 6) is -0.687. The fourth-order valence-corrected chi connectivity index (χ4v) is 5.72. The topological polar surface area (TPSA) is 92.2 Å². The molecule has 1 fully saturated rings. The molecule has 2 N–H and O–H groups in total. The minimum atomic E-state index is -0.596. The number of carbonyl (C=O) groups is 2. The Kier molecular flexibility index (Phi) is 7.58. The number of anilines is 2. The zero-order valence-corrected chi connectivity index (χ0v) is 23.8. The van der Waals surface area contributed by atoms with Crippen LogP contribution in [0.5, 0.6) is 0 Å². The van der Waals surface area contributed by atoms with Gasteiger partial charge in [0.15, 0.2) is 0 Å². The Balaban J connectivity index is 1.40. The Morgan fingerprint density at radius 3 is 2.66 bits per heavy atom. The predicted octanol–water partition coefficient (Wildman–Crippen LogP) is 3.67. The fraction of sp³-hybridized carbons (Fsp3) is 0.286. The van der Waals surface area contributed by atoms with Gasteiger partial charge in [0, 0.05) is 0 Å². The van der Waals surface area contributed by atoms with Crippen LogP contribution in [0.25, 0.3) is 11.0 Å². The summed E-state index contributed by atoms with van der Waals surface area (Å²) in [7, 11) is 0. The van der Waals surface area contributed by atoms with Crippen LogP contribution in [0.2, 0.25) is 0 Å². The molecule has 0 radical (unpaired) electrons. The number of carbonyl (C=O) groups excluding carboxylic acids is 2. The first kappa shape index (κ1) is 26.1. The van der Waals surface area contributed by atoms with Crippen LogP contribution < -0.4 is 15.1 Å². The van der Waals surface area contributed by atoms with E-state index in [0.29, 0.717) is 16.8 Å². The summed E-state index contributed by atoms with van der Waals surface area (Å²) in [5.41, 5.74) is 3.11. The first-order valence-electron chi connectivity index (χ1n) is 12.7.